The average Bonchev–Trinajstić information content (AvgIpc) is 3.23. The van der Waals surface area contributed by atoms with Crippen molar-refractivity contribution in [3.63, 3.8) is 0 Å². The fourth-order valence-electron chi connectivity index (χ4n) is 6.16. The van der Waals surface area contributed by atoms with E-state index in [4.69, 9.17) is 23.3 Å². The first-order valence-corrected chi connectivity index (χ1v) is 17.7. The second kappa shape index (κ2) is 17.9. The molecule has 4 radical (unpaired) electrons. The van der Waals surface area contributed by atoms with Gasteiger partial charge in [0, 0.05) is 22.3 Å². The van der Waals surface area contributed by atoms with Gasteiger partial charge in [-0.3, -0.25) is 9.59 Å². The van der Waals surface area contributed by atoms with Gasteiger partial charge in [-0.05, 0) is 73.9 Å². The van der Waals surface area contributed by atoms with E-state index >= 15 is 0 Å². The van der Waals surface area contributed by atoms with Crippen molar-refractivity contribution in [2.75, 3.05) is 0 Å². The molecule has 0 spiro atoms. The monoisotopic (exact) mass is 710 g/mol. The molecule has 4 unspecified atom stereocenters. The third kappa shape index (κ3) is 9.52. The molecule has 0 aromatic heterocycles. The van der Waals surface area contributed by atoms with Gasteiger partial charge in [-0.15, -0.1) is 0 Å². The summed E-state index contributed by atoms with van der Waals surface area (Å²) in [5.74, 6) is -2.91. The summed E-state index contributed by atoms with van der Waals surface area (Å²) >= 11 is 0. The molecule has 6 heteroatoms. The van der Waals surface area contributed by atoms with E-state index in [0.29, 0.717) is 22.3 Å². The average molecular weight is 711 g/mol. The van der Waals surface area contributed by atoms with Crippen molar-refractivity contribution in [2.24, 2.45) is 0 Å². The number of ether oxygens (including phenoxy) is 2. The van der Waals surface area contributed by atoms with Gasteiger partial charge in [0.2, 0.25) is 0 Å². The molecular formula is C48H38O6. The number of carbonyl (C=O) groups excluding carboxylic acids is 4. The zero-order chi connectivity index (χ0) is 37.9. The van der Waals surface area contributed by atoms with Gasteiger partial charge in [-0.1, -0.05) is 146 Å². The van der Waals surface area contributed by atoms with Gasteiger partial charge in [0.05, 0.1) is 11.1 Å². The molecule has 0 heterocycles. The van der Waals surface area contributed by atoms with Crippen LogP contribution in [0.4, 0.5) is 0 Å². The molecule has 4 atom stereocenters. The molecule has 0 amide bonds. The minimum atomic E-state index is -1.03. The molecule has 0 saturated heterocycles. The summed E-state index contributed by atoms with van der Waals surface area (Å²) in [6, 6.07) is 48.9. The zero-order valence-electron chi connectivity index (χ0n) is 29.5. The third-order valence-electron chi connectivity index (χ3n) is 9.20. The molecule has 54 heavy (non-hydrogen) atoms. The molecule has 6 rings (SSSR count). The van der Waals surface area contributed by atoms with Crippen LogP contribution in [0.2, 0.25) is 0 Å². The van der Waals surface area contributed by atoms with Gasteiger partial charge in [0.25, 0.3) is 0 Å². The van der Waals surface area contributed by atoms with E-state index in [1.807, 2.05) is 72.8 Å². The van der Waals surface area contributed by atoms with E-state index in [2.05, 4.69) is 0 Å². The fraction of sp³-hybridized carbons (Fsp3) is 0.125. The minimum absolute atomic E-state index is 0.101. The van der Waals surface area contributed by atoms with Crippen LogP contribution in [0, 0.1) is 13.8 Å². The summed E-state index contributed by atoms with van der Waals surface area (Å²) < 4.78 is 12.3. The number of carbonyl (C=O) groups is 4. The normalized spacial score (nSPS) is 13.1. The second-order valence-electron chi connectivity index (χ2n) is 12.9. The van der Waals surface area contributed by atoms with Gasteiger partial charge in [-0.2, -0.15) is 0 Å². The molecule has 0 N–H and O–H groups in total. The second-order valence-corrected chi connectivity index (χ2v) is 12.9. The fourth-order valence-corrected chi connectivity index (χ4v) is 6.16. The predicted molar refractivity (Wildman–Crippen MR) is 207 cm³/mol. The first-order chi connectivity index (χ1) is 26.3. The molecule has 0 bridgehead atoms. The van der Waals surface area contributed by atoms with Crippen LogP contribution in [0.5, 0.6) is 0 Å². The maximum absolute atomic E-state index is 13.8. The van der Waals surface area contributed by atoms with Crippen molar-refractivity contribution in [1.29, 1.82) is 0 Å². The molecule has 0 aliphatic heterocycles. The van der Waals surface area contributed by atoms with Gasteiger partial charge < -0.3 is 9.47 Å². The Morgan fingerprint density at radius 3 is 0.944 bits per heavy atom. The zero-order valence-corrected chi connectivity index (χ0v) is 29.5. The third-order valence-corrected chi connectivity index (χ3v) is 9.20. The number of benzene rings is 6. The Bertz CT molecular complexity index is 1990. The van der Waals surface area contributed by atoms with E-state index in [0.717, 1.165) is 11.1 Å². The Kier molecular flexibility index (Phi) is 12.4. The number of rotatable bonds is 15. The number of esters is 2. The highest BCUT2D eigenvalue weighted by molar-refractivity contribution is 6.10. The Hall–Kier alpha value is -6.40. The Morgan fingerprint density at radius 2 is 0.630 bits per heavy atom. The molecule has 0 aliphatic carbocycles. The van der Waals surface area contributed by atoms with E-state index in [9.17, 15) is 19.2 Å². The smallest absolute Gasteiger partial charge is 0.338 e. The summed E-state index contributed by atoms with van der Waals surface area (Å²) in [5, 5.41) is 0. The van der Waals surface area contributed by atoms with Gasteiger partial charge in [-0.25, -0.2) is 9.59 Å². The van der Waals surface area contributed by atoms with Crippen molar-refractivity contribution in [3.8, 4) is 0 Å². The van der Waals surface area contributed by atoms with Gasteiger partial charge >= 0.3 is 11.9 Å². The Labute approximate surface area is 316 Å². The van der Waals surface area contributed by atoms with Crippen molar-refractivity contribution in [2.45, 2.75) is 36.9 Å². The van der Waals surface area contributed by atoms with Gasteiger partial charge in [0.15, 0.2) is 11.6 Å². The molecule has 0 fully saturated rings. The SMILES string of the molecule is [CH]C(CC(OC(=O)c1ccc(C(=O)c2ccccc2)cc1)C(CC([CH])c1ccccc1)OC(=O)c1ccc(C(=O)c2ccccc2)cc1)c1ccccc1. The molecule has 0 saturated carbocycles. The lowest BCUT2D eigenvalue weighted by atomic mass is 9.88. The number of hydrogen-bond acceptors (Lipinski definition) is 6. The highest BCUT2D eigenvalue weighted by atomic mass is 16.6. The van der Waals surface area contributed by atoms with Crippen LogP contribution in [0.25, 0.3) is 0 Å². The maximum atomic E-state index is 13.8. The first kappa shape index (κ1) is 37.4. The molecule has 0 aliphatic rings. The highest BCUT2D eigenvalue weighted by Crippen LogP contribution is 2.31. The lowest BCUT2D eigenvalue weighted by molar-refractivity contribution is -0.0432. The number of ketones is 2. The standard InChI is InChI=1S/C48H38O6/c1-33(35-15-7-3-8-16-35)31-43(53-47(51)41-27-23-39(24-28-41)45(49)37-19-11-5-12-20-37)44(32-34(2)36-17-9-4-10-18-36)54-48(52)42-29-25-40(26-30-42)46(50)38-21-13-6-14-22-38/h1-30,33-34,43-44H,31-32H2. The van der Waals surface area contributed by atoms with Crippen LogP contribution in [-0.2, 0) is 9.47 Å². The van der Waals surface area contributed by atoms with Crippen LogP contribution in [0.3, 0.4) is 0 Å². The van der Waals surface area contributed by atoms with E-state index < -0.39 is 36.0 Å². The summed E-state index contributed by atoms with van der Waals surface area (Å²) in [7, 11) is 0. The van der Waals surface area contributed by atoms with Crippen molar-refractivity contribution < 1.29 is 28.7 Å². The lowest BCUT2D eigenvalue weighted by Crippen LogP contribution is -2.37. The summed E-state index contributed by atoms with van der Waals surface area (Å²) in [6.07, 6.45) is -1.86. The lowest BCUT2D eigenvalue weighted by Gasteiger charge is -2.31. The Balaban J connectivity index is 1.28. The molecule has 6 nitrogen and oxygen atoms in total. The summed E-state index contributed by atoms with van der Waals surface area (Å²) in [5.41, 5.74) is 3.90. The first-order valence-electron chi connectivity index (χ1n) is 17.7. The maximum Gasteiger partial charge on any atom is 0.338 e. The van der Waals surface area contributed by atoms with E-state index in [1.54, 1.807) is 72.8 Å². The predicted octanol–water partition coefficient (Wildman–Crippen LogP) is 9.67. The number of hydrogen-bond donors (Lipinski definition) is 0. The topological polar surface area (TPSA) is 86.7 Å². The van der Waals surface area contributed by atoms with Crippen LogP contribution in [0.15, 0.2) is 170 Å². The molecule has 6 aromatic carbocycles. The largest absolute Gasteiger partial charge is 0.455 e. The van der Waals surface area contributed by atoms with Crippen LogP contribution in [0.1, 0.15) is 88.4 Å². The van der Waals surface area contributed by atoms with Crippen LogP contribution < -0.4 is 0 Å². The van der Waals surface area contributed by atoms with E-state index in [-0.39, 0.29) is 35.5 Å². The van der Waals surface area contributed by atoms with Crippen LogP contribution >= 0.6 is 0 Å². The van der Waals surface area contributed by atoms with Crippen molar-refractivity contribution >= 4 is 23.5 Å². The minimum Gasteiger partial charge on any atom is -0.455 e. The van der Waals surface area contributed by atoms with Crippen molar-refractivity contribution in [3.05, 3.63) is 228 Å². The molecule has 6 aromatic rings. The highest BCUT2D eigenvalue weighted by Gasteiger charge is 2.33. The summed E-state index contributed by atoms with van der Waals surface area (Å²) in [6.45, 7) is 13.4. The van der Waals surface area contributed by atoms with Gasteiger partial charge in [0.1, 0.15) is 12.2 Å². The quantitative estimate of drug-likeness (QED) is 0.0780. The van der Waals surface area contributed by atoms with E-state index in [1.165, 1.54) is 24.3 Å². The Morgan fingerprint density at radius 1 is 0.370 bits per heavy atom. The molecular weight excluding hydrogens is 673 g/mol. The van der Waals surface area contributed by atoms with Crippen LogP contribution in [-0.4, -0.2) is 35.7 Å². The molecule has 266 valence electrons. The van der Waals surface area contributed by atoms with Crippen molar-refractivity contribution in [1.82, 2.24) is 0 Å². The summed E-state index contributed by atoms with van der Waals surface area (Å²) in [4.78, 5) is 53.6.